The van der Waals surface area contributed by atoms with Crippen LogP contribution < -0.4 is 0 Å². The Kier molecular flexibility index (Phi) is 4.69. The molecule has 0 saturated heterocycles. The molecule has 1 aromatic heterocycles. The Balaban J connectivity index is 2.15. The first-order chi connectivity index (χ1) is 9.29. The van der Waals surface area contributed by atoms with Gasteiger partial charge in [-0.1, -0.05) is 42.8 Å². The summed E-state index contributed by atoms with van der Waals surface area (Å²) in [7, 11) is -1.08. The van der Waals surface area contributed by atoms with Crippen LogP contribution in [0.3, 0.4) is 0 Å². The molecule has 110 valence electrons. The second kappa shape index (κ2) is 5.98. The third kappa shape index (κ3) is 3.50. The second-order valence-corrected chi connectivity index (χ2v) is 12.5. The van der Waals surface area contributed by atoms with Crippen LogP contribution in [0.4, 0.5) is 0 Å². The first kappa shape index (κ1) is 15.7. The van der Waals surface area contributed by atoms with E-state index in [9.17, 15) is 5.11 Å². The van der Waals surface area contributed by atoms with E-state index < -0.39 is 8.07 Å². The number of hydrogen-bond acceptors (Lipinski definition) is 2. The van der Waals surface area contributed by atoms with Crippen molar-refractivity contribution in [1.29, 1.82) is 0 Å². The highest BCUT2D eigenvalue weighted by molar-refractivity contribution is 6.76. The van der Waals surface area contributed by atoms with E-state index in [0.717, 1.165) is 12.7 Å². The summed E-state index contributed by atoms with van der Waals surface area (Å²) < 4.78 is 7.58. The van der Waals surface area contributed by atoms with E-state index in [-0.39, 0.29) is 5.75 Å². The molecule has 0 amide bonds. The maximum Gasteiger partial charge on any atom is 0.126 e. The van der Waals surface area contributed by atoms with Crippen molar-refractivity contribution >= 4 is 42.2 Å². The van der Waals surface area contributed by atoms with Crippen LogP contribution in [0.2, 0.25) is 35.7 Å². The predicted octanol–water partition coefficient (Wildman–Crippen LogP) is 4.97. The molecule has 1 heterocycles. The molecular weight excluding hydrogens is 313 g/mol. The van der Waals surface area contributed by atoms with Gasteiger partial charge in [-0.15, -0.1) is 0 Å². The number of aromatic nitrogens is 1. The Bertz CT molecular complexity index is 620. The minimum absolute atomic E-state index is 0.134. The number of rotatable bonds is 5. The van der Waals surface area contributed by atoms with E-state index in [2.05, 4.69) is 19.6 Å². The lowest BCUT2D eigenvalue weighted by Crippen LogP contribution is -2.21. The van der Waals surface area contributed by atoms with Crippen molar-refractivity contribution in [1.82, 2.24) is 4.57 Å². The van der Waals surface area contributed by atoms with Gasteiger partial charge >= 0.3 is 0 Å². The number of ether oxygens (including phenoxy) is 1. The second-order valence-electron chi connectivity index (χ2n) is 6.09. The Morgan fingerprint density at radius 1 is 1.30 bits per heavy atom. The number of phenolic OH excluding ortho intramolecular Hbond substituents is 1. The lowest BCUT2D eigenvalue weighted by atomic mass is 10.2. The summed E-state index contributed by atoms with van der Waals surface area (Å²) in [5.74, 6) is 0.134. The van der Waals surface area contributed by atoms with Crippen molar-refractivity contribution in [2.75, 3.05) is 6.61 Å². The zero-order valence-corrected chi connectivity index (χ0v) is 14.4. The van der Waals surface area contributed by atoms with Crippen molar-refractivity contribution in [3.05, 3.63) is 28.4 Å². The molecule has 0 unspecified atom stereocenters. The largest absolute Gasteiger partial charge is 0.507 e. The molecule has 1 aromatic carbocycles. The number of nitrogens with zero attached hydrogens (tertiary/aromatic N) is 1. The highest BCUT2D eigenvalue weighted by Gasteiger charge is 2.14. The van der Waals surface area contributed by atoms with E-state index in [0.29, 0.717) is 27.7 Å². The molecule has 0 aliphatic heterocycles. The standard InChI is InChI=1S/C14H19Cl2NO2Si/c1-20(2,3)7-6-19-9-17-5-4-10-12(18)8-11(15)13(16)14(10)17/h4-5,8,18H,6-7,9H2,1-3H3. The molecule has 2 rings (SSSR count). The molecule has 0 bridgehead atoms. The molecule has 0 atom stereocenters. The van der Waals surface area contributed by atoms with Gasteiger partial charge in [-0.2, -0.15) is 0 Å². The summed E-state index contributed by atoms with van der Waals surface area (Å²) in [6.45, 7) is 8.09. The molecule has 1 N–H and O–H groups in total. The minimum atomic E-state index is -1.08. The minimum Gasteiger partial charge on any atom is -0.507 e. The molecule has 0 radical (unpaired) electrons. The highest BCUT2D eigenvalue weighted by atomic mass is 35.5. The first-order valence-corrected chi connectivity index (χ1v) is 11.0. The Morgan fingerprint density at radius 3 is 2.65 bits per heavy atom. The summed E-state index contributed by atoms with van der Waals surface area (Å²) >= 11 is 12.2. The van der Waals surface area contributed by atoms with Crippen LogP contribution >= 0.6 is 23.2 Å². The average Bonchev–Trinajstić information content (AvgIpc) is 2.75. The van der Waals surface area contributed by atoms with E-state index in [1.165, 1.54) is 6.07 Å². The number of halogens is 2. The molecule has 20 heavy (non-hydrogen) atoms. The van der Waals surface area contributed by atoms with Crippen LogP contribution in [-0.2, 0) is 11.5 Å². The molecule has 0 aliphatic carbocycles. The monoisotopic (exact) mass is 331 g/mol. The van der Waals surface area contributed by atoms with Crippen LogP contribution in [0.25, 0.3) is 10.9 Å². The molecule has 0 fully saturated rings. The summed E-state index contributed by atoms with van der Waals surface area (Å²) in [6.07, 6.45) is 1.85. The van der Waals surface area contributed by atoms with Gasteiger partial charge in [0.05, 0.1) is 15.6 Å². The molecule has 6 heteroatoms. The third-order valence-corrected chi connectivity index (χ3v) is 5.63. The summed E-state index contributed by atoms with van der Waals surface area (Å²) in [4.78, 5) is 0. The van der Waals surface area contributed by atoms with Crippen molar-refractivity contribution in [2.24, 2.45) is 0 Å². The normalized spacial score (nSPS) is 12.2. The number of phenols is 1. The predicted molar refractivity (Wildman–Crippen MR) is 87.7 cm³/mol. The van der Waals surface area contributed by atoms with Crippen LogP contribution in [0.15, 0.2) is 18.3 Å². The van der Waals surface area contributed by atoms with Crippen molar-refractivity contribution in [3.8, 4) is 5.75 Å². The van der Waals surface area contributed by atoms with E-state index >= 15 is 0 Å². The van der Waals surface area contributed by atoms with E-state index in [4.69, 9.17) is 27.9 Å². The van der Waals surface area contributed by atoms with Gasteiger partial charge in [0, 0.05) is 32.3 Å². The smallest absolute Gasteiger partial charge is 0.126 e. The lowest BCUT2D eigenvalue weighted by molar-refractivity contribution is 0.0902. The SMILES string of the molecule is C[Si](C)(C)CCOCn1ccc2c(O)cc(Cl)c(Cl)c21. The van der Waals surface area contributed by atoms with Crippen LogP contribution in [0, 0.1) is 0 Å². The Hall–Kier alpha value is -0.683. The summed E-state index contributed by atoms with van der Waals surface area (Å²) in [5, 5.41) is 11.4. The third-order valence-electron chi connectivity index (χ3n) is 3.15. The van der Waals surface area contributed by atoms with E-state index in [1.807, 2.05) is 16.8 Å². The number of hydrogen-bond donors (Lipinski definition) is 1. The topological polar surface area (TPSA) is 34.4 Å². The fourth-order valence-corrected chi connectivity index (χ4v) is 3.16. The lowest BCUT2D eigenvalue weighted by Gasteiger charge is -2.16. The summed E-state index contributed by atoms with van der Waals surface area (Å²) in [5.41, 5.74) is 0.713. The maximum absolute atomic E-state index is 9.88. The number of fused-ring (bicyclic) bond motifs is 1. The fraction of sp³-hybridized carbons (Fsp3) is 0.429. The maximum atomic E-state index is 9.88. The van der Waals surface area contributed by atoms with Gasteiger partial charge in [-0.05, 0) is 12.1 Å². The van der Waals surface area contributed by atoms with Crippen LogP contribution in [0.1, 0.15) is 0 Å². The van der Waals surface area contributed by atoms with Crippen molar-refractivity contribution < 1.29 is 9.84 Å². The zero-order chi connectivity index (χ0) is 14.9. The van der Waals surface area contributed by atoms with Gasteiger partial charge < -0.3 is 14.4 Å². The number of aromatic hydroxyl groups is 1. The number of benzene rings is 1. The zero-order valence-electron chi connectivity index (χ0n) is 11.9. The van der Waals surface area contributed by atoms with E-state index in [1.54, 1.807) is 0 Å². The van der Waals surface area contributed by atoms with Gasteiger partial charge in [-0.25, -0.2) is 0 Å². The summed E-state index contributed by atoms with van der Waals surface area (Å²) in [6, 6.07) is 4.39. The Labute approximate surface area is 130 Å². The van der Waals surface area contributed by atoms with Gasteiger partial charge in [0.2, 0.25) is 0 Å². The average molecular weight is 332 g/mol. The van der Waals surface area contributed by atoms with Crippen molar-refractivity contribution in [3.63, 3.8) is 0 Å². The quantitative estimate of drug-likeness (QED) is 0.620. The molecule has 0 spiro atoms. The van der Waals surface area contributed by atoms with Gasteiger partial charge in [0.25, 0.3) is 0 Å². The first-order valence-electron chi connectivity index (χ1n) is 6.53. The van der Waals surface area contributed by atoms with Crippen molar-refractivity contribution in [2.45, 2.75) is 32.4 Å². The molecule has 0 saturated carbocycles. The van der Waals surface area contributed by atoms with Gasteiger partial charge in [0.15, 0.2) is 0 Å². The molecule has 0 aliphatic rings. The van der Waals surface area contributed by atoms with Crippen LogP contribution in [-0.4, -0.2) is 24.4 Å². The highest BCUT2D eigenvalue weighted by Crippen LogP contribution is 2.37. The van der Waals surface area contributed by atoms with Gasteiger partial charge in [-0.3, -0.25) is 0 Å². The Morgan fingerprint density at radius 2 is 2.00 bits per heavy atom. The molecule has 3 nitrogen and oxygen atoms in total. The molecule has 2 aromatic rings. The fourth-order valence-electron chi connectivity index (χ4n) is 1.95. The van der Waals surface area contributed by atoms with Gasteiger partial charge in [0.1, 0.15) is 12.5 Å². The van der Waals surface area contributed by atoms with Crippen LogP contribution in [0.5, 0.6) is 5.75 Å². The molecular formula is C14H19Cl2NO2Si.